The first-order valence-corrected chi connectivity index (χ1v) is 14.9. The van der Waals surface area contributed by atoms with Gasteiger partial charge in [0, 0.05) is 25.4 Å². The van der Waals surface area contributed by atoms with Crippen molar-refractivity contribution in [3.8, 4) is 11.5 Å². The summed E-state index contributed by atoms with van der Waals surface area (Å²) in [4.78, 5) is 29.6. The van der Waals surface area contributed by atoms with Crippen molar-refractivity contribution in [1.29, 1.82) is 0 Å². The van der Waals surface area contributed by atoms with Gasteiger partial charge in [-0.1, -0.05) is 84.9 Å². The van der Waals surface area contributed by atoms with Crippen LogP contribution in [0.2, 0.25) is 10.0 Å². The summed E-state index contributed by atoms with van der Waals surface area (Å²) < 4.78 is 10.8. The third-order valence-corrected chi connectivity index (χ3v) is 8.37. The molecule has 0 spiro atoms. The number of carbonyl (C=O) groups is 2. The molecule has 1 N–H and O–H groups in total. The summed E-state index contributed by atoms with van der Waals surface area (Å²) in [5.41, 5.74) is 2.74. The number of benzene rings is 3. The highest BCUT2D eigenvalue weighted by molar-refractivity contribution is 6.42. The average Bonchev–Trinajstić information content (AvgIpc) is 3.00. The average molecular weight is 598 g/mol. The van der Waals surface area contributed by atoms with E-state index >= 15 is 0 Å². The molecule has 3 aromatic carbocycles. The number of amides is 2. The van der Waals surface area contributed by atoms with Gasteiger partial charge in [0.25, 0.3) is 0 Å². The molecule has 0 aromatic heterocycles. The van der Waals surface area contributed by atoms with Crippen molar-refractivity contribution in [2.45, 2.75) is 70.0 Å². The molecule has 0 saturated heterocycles. The molecule has 0 aliphatic heterocycles. The number of carbonyl (C=O) groups excluding carboxylic acids is 2. The lowest BCUT2D eigenvalue weighted by molar-refractivity contribution is -0.141. The van der Waals surface area contributed by atoms with E-state index in [0.717, 1.165) is 42.4 Å². The maximum absolute atomic E-state index is 14.0. The molecule has 1 saturated carbocycles. The first-order valence-electron chi connectivity index (χ1n) is 14.2. The molecule has 41 heavy (non-hydrogen) atoms. The molecule has 1 aliphatic rings. The third-order valence-electron chi connectivity index (χ3n) is 7.64. The molecule has 0 radical (unpaired) electrons. The molecular formula is C33H38Cl2N2O4. The molecule has 1 aliphatic carbocycles. The number of rotatable bonds is 12. The van der Waals surface area contributed by atoms with Gasteiger partial charge in [0.05, 0.1) is 24.3 Å². The highest BCUT2D eigenvalue weighted by Gasteiger charge is 2.32. The van der Waals surface area contributed by atoms with E-state index in [1.165, 1.54) is 6.42 Å². The van der Waals surface area contributed by atoms with Crippen LogP contribution in [0.15, 0.2) is 66.7 Å². The van der Waals surface area contributed by atoms with Crippen molar-refractivity contribution in [2.24, 2.45) is 0 Å². The molecule has 0 unspecified atom stereocenters. The van der Waals surface area contributed by atoms with E-state index in [9.17, 15) is 9.59 Å². The van der Waals surface area contributed by atoms with Gasteiger partial charge >= 0.3 is 0 Å². The smallest absolute Gasteiger partial charge is 0.243 e. The van der Waals surface area contributed by atoms with E-state index in [1.807, 2.05) is 54.6 Å². The molecule has 2 amide bonds. The summed E-state index contributed by atoms with van der Waals surface area (Å²) >= 11 is 12.5. The van der Waals surface area contributed by atoms with E-state index in [0.29, 0.717) is 34.4 Å². The lowest BCUT2D eigenvalue weighted by atomic mass is 9.94. The van der Waals surface area contributed by atoms with Crippen LogP contribution in [-0.4, -0.2) is 43.0 Å². The van der Waals surface area contributed by atoms with Gasteiger partial charge < -0.3 is 19.7 Å². The predicted octanol–water partition coefficient (Wildman–Crippen LogP) is 7.03. The van der Waals surface area contributed by atoms with Gasteiger partial charge in [0.15, 0.2) is 11.5 Å². The van der Waals surface area contributed by atoms with Crippen molar-refractivity contribution < 1.29 is 19.1 Å². The van der Waals surface area contributed by atoms with Crippen molar-refractivity contribution in [3.05, 3.63) is 93.5 Å². The van der Waals surface area contributed by atoms with Crippen LogP contribution in [0.3, 0.4) is 0 Å². The van der Waals surface area contributed by atoms with Crippen LogP contribution in [0.25, 0.3) is 0 Å². The minimum atomic E-state index is -0.688. The van der Waals surface area contributed by atoms with Crippen molar-refractivity contribution in [3.63, 3.8) is 0 Å². The van der Waals surface area contributed by atoms with Crippen LogP contribution in [0.5, 0.6) is 11.5 Å². The van der Waals surface area contributed by atoms with E-state index in [2.05, 4.69) is 5.32 Å². The van der Waals surface area contributed by atoms with Gasteiger partial charge in [-0.05, 0) is 60.2 Å². The zero-order valence-corrected chi connectivity index (χ0v) is 25.2. The molecule has 1 atom stereocenters. The molecule has 0 heterocycles. The molecular weight excluding hydrogens is 559 g/mol. The lowest BCUT2D eigenvalue weighted by Crippen LogP contribution is -2.52. The van der Waals surface area contributed by atoms with Crippen LogP contribution in [0.4, 0.5) is 0 Å². The lowest BCUT2D eigenvalue weighted by Gasteiger charge is -2.33. The first kappa shape index (κ1) is 30.7. The minimum Gasteiger partial charge on any atom is -0.493 e. The Kier molecular flexibility index (Phi) is 11.3. The normalized spacial score (nSPS) is 14.2. The van der Waals surface area contributed by atoms with Gasteiger partial charge in [-0.15, -0.1) is 0 Å². The van der Waals surface area contributed by atoms with E-state index in [1.54, 1.807) is 31.3 Å². The molecule has 3 aromatic rings. The summed E-state index contributed by atoms with van der Waals surface area (Å²) in [7, 11) is 3.18. The fourth-order valence-electron chi connectivity index (χ4n) is 5.36. The van der Waals surface area contributed by atoms with Crippen LogP contribution in [-0.2, 0) is 29.0 Å². The van der Waals surface area contributed by atoms with Crippen LogP contribution >= 0.6 is 23.2 Å². The Hall–Kier alpha value is -3.22. The SMILES string of the molecule is COc1ccc(CCC(=O)N(Cc2ccc(Cl)c(Cl)c2)[C@H](Cc2ccccc2)C(=O)NC2CCCCC2)cc1OC. The first-order chi connectivity index (χ1) is 19.9. The van der Waals surface area contributed by atoms with Crippen molar-refractivity contribution in [1.82, 2.24) is 10.2 Å². The van der Waals surface area contributed by atoms with Crippen LogP contribution < -0.4 is 14.8 Å². The molecule has 6 nitrogen and oxygen atoms in total. The maximum Gasteiger partial charge on any atom is 0.243 e. The van der Waals surface area contributed by atoms with Crippen molar-refractivity contribution in [2.75, 3.05) is 14.2 Å². The molecule has 8 heteroatoms. The zero-order chi connectivity index (χ0) is 29.2. The summed E-state index contributed by atoms with van der Waals surface area (Å²) in [6, 6.07) is 20.2. The standard InChI is InChI=1S/C33H38Cl2N2O4/c1-40-30-17-14-24(21-31(30)41-2)15-18-32(38)37(22-25-13-16-27(34)28(35)19-25)29(20-23-9-5-3-6-10-23)33(39)36-26-11-7-4-8-12-26/h3,5-6,9-10,13-14,16-17,19,21,26,29H,4,7-8,11-12,15,18,20,22H2,1-2H3,(H,36,39)/t29-/m1/s1. The highest BCUT2D eigenvalue weighted by atomic mass is 35.5. The second-order valence-corrected chi connectivity index (χ2v) is 11.3. The fraction of sp³-hybridized carbons (Fsp3) is 0.394. The second kappa shape index (κ2) is 15.1. The largest absolute Gasteiger partial charge is 0.493 e. The highest BCUT2D eigenvalue weighted by Crippen LogP contribution is 2.29. The Bertz CT molecular complexity index is 1310. The second-order valence-electron chi connectivity index (χ2n) is 10.5. The summed E-state index contributed by atoms with van der Waals surface area (Å²) in [6.07, 6.45) is 6.43. The number of halogens is 2. The topological polar surface area (TPSA) is 67.9 Å². The monoisotopic (exact) mass is 596 g/mol. The Morgan fingerprint density at radius 3 is 2.24 bits per heavy atom. The van der Waals surface area contributed by atoms with Crippen LogP contribution in [0.1, 0.15) is 55.2 Å². The van der Waals surface area contributed by atoms with Crippen LogP contribution in [0, 0.1) is 0 Å². The van der Waals surface area contributed by atoms with Gasteiger partial charge in [-0.25, -0.2) is 0 Å². The van der Waals surface area contributed by atoms with Gasteiger partial charge in [0.2, 0.25) is 11.8 Å². The summed E-state index contributed by atoms with van der Waals surface area (Å²) in [6.45, 7) is 0.233. The predicted molar refractivity (Wildman–Crippen MR) is 164 cm³/mol. The molecule has 1 fully saturated rings. The quantitative estimate of drug-likeness (QED) is 0.244. The Balaban J connectivity index is 1.62. The fourth-order valence-corrected chi connectivity index (χ4v) is 5.68. The Morgan fingerprint density at radius 2 is 1.56 bits per heavy atom. The van der Waals surface area contributed by atoms with Gasteiger partial charge in [0.1, 0.15) is 6.04 Å². The number of nitrogens with zero attached hydrogens (tertiary/aromatic N) is 1. The zero-order valence-electron chi connectivity index (χ0n) is 23.7. The Labute approximate surface area is 252 Å². The van der Waals surface area contributed by atoms with E-state index in [-0.39, 0.29) is 30.8 Å². The number of aryl methyl sites for hydroxylation is 1. The maximum atomic E-state index is 14.0. The third kappa shape index (κ3) is 8.64. The number of methoxy groups -OCH3 is 2. The van der Waals surface area contributed by atoms with Gasteiger partial charge in [-0.3, -0.25) is 9.59 Å². The van der Waals surface area contributed by atoms with Gasteiger partial charge in [-0.2, -0.15) is 0 Å². The number of hydrogen-bond donors (Lipinski definition) is 1. The molecule has 218 valence electrons. The summed E-state index contributed by atoms with van der Waals surface area (Å²) in [5.74, 6) is 0.996. The molecule has 0 bridgehead atoms. The van der Waals surface area contributed by atoms with E-state index < -0.39 is 6.04 Å². The Morgan fingerprint density at radius 1 is 0.854 bits per heavy atom. The number of hydrogen-bond acceptors (Lipinski definition) is 4. The summed E-state index contributed by atoms with van der Waals surface area (Å²) in [5, 5.41) is 4.12. The number of nitrogens with one attached hydrogen (secondary N) is 1. The van der Waals surface area contributed by atoms with E-state index in [4.69, 9.17) is 32.7 Å². The van der Waals surface area contributed by atoms with Crippen molar-refractivity contribution >= 4 is 35.0 Å². The molecule has 4 rings (SSSR count). The number of ether oxygens (including phenoxy) is 2. The minimum absolute atomic E-state index is 0.120.